The molecule has 0 aromatic carbocycles. The molecule has 0 bridgehead atoms. The minimum atomic E-state index is 0.397. The second-order valence-electron chi connectivity index (χ2n) is 3.80. The minimum absolute atomic E-state index is 0.397. The van der Waals surface area contributed by atoms with Crippen molar-refractivity contribution in [2.75, 3.05) is 27.8 Å². The van der Waals surface area contributed by atoms with Crippen LogP contribution in [0.3, 0.4) is 0 Å². The first-order valence-corrected chi connectivity index (χ1v) is 4.85. The summed E-state index contributed by atoms with van der Waals surface area (Å²) in [6.07, 6.45) is 1.60. The highest BCUT2D eigenvalue weighted by atomic mass is 16.5. The van der Waals surface area contributed by atoms with Gasteiger partial charge in [0.25, 0.3) is 0 Å². The Bertz CT molecular complexity index is 118. The molecule has 13 heavy (non-hydrogen) atoms. The van der Waals surface area contributed by atoms with Gasteiger partial charge in [-0.1, -0.05) is 6.92 Å². The average molecular weight is 189 g/mol. The zero-order chi connectivity index (χ0) is 10.4. The van der Waals surface area contributed by atoms with Crippen molar-refractivity contribution in [2.45, 2.75) is 32.4 Å². The molecule has 80 valence electrons. The van der Waals surface area contributed by atoms with E-state index in [1.165, 1.54) is 6.42 Å². The fourth-order valence-electron chi connectivity index (χ4n) is 2.10. The third kappa shape index (κ3) is 3.63. The zero-order valence-electron chi connectivity index (χ0n) is 9.45. The standard InChI is InChI=1S/C9H19NO.CH4O/c1-7-5-6-11-8(2)9(7)10(3)4;1-2/h7-9H,5-6H2,1-4H3;2H,1H3. The summed E-state index contributed by atoms with van der Waals surface area (Å²) in [5.41, 5.74) is 0. The molecule has 1 aliphatic rings. The van der Waals surface area contributed by atoms with Crippen LogP contribution in [0.5, 0.6) is 0 Å². The van der Waals surface area contributed by atoms with Crippen molar-refractivity contribution in [3.8, 4) is 0 Å². The van der Waals surface area contributed by atoms with E-state index in [0.717, 1.165) is 19.6 Å². The van der Waals surface area contributed by atoms with E-state index in [1.807, 2.05) is 0 Å². The molecule has 3 unspecified atom stereocenters. The van der Waals surface area contributed by atoms with Crippen molar-refractivity contribution >= 4 is 0 Å². The van der Waals surface area contributed by atoms with Crippen molar-refractivity contribution in [1.82, 2.24) is 4.90 Å². The molecule has 1 N–H and O–H groups in total. The van der Waals surface area contributed by atoms with Crippen molar-refractivity contribution in [2.24, 2.45) is 5.92 Å². The van der Waals surface area contributed by atoms with E-state index in [9.17, 15) is 0 Å². The Hall–Kier alpha value is -0.120. The number of likely N-dealkylation sites (N-methyl/N-ethyl adjacent to an activating group) is 1. The number of ether oxygens (including phenoxy) is 1. The van der Waals surface area contributed by atoms with Gasteiger partial charge in [0.05, 0.1) is 6.10 Å². The molecular formula is C10H23NO2. The highest BCUT2D eigenvalue weighted by Gasteiger charge is 2.29. The van der Waals surface area contributed by atoms with Crippen LogP contribution in [-0.2, 0) is 4.74 Å². The fourth-order valence-corrected chi connectivity index (χ4v) is 2.10. The van der Waals surface area contributed by atoms with Crippen LogP contribution in [0.15, 0.2) is 0 Å². The van der Waals surface area contributed by atoms with E-state index in [2.05, 4.69) is 32.8 Å². The van der Waals surface area contributed by atoms with E-state index < -0.39 is 0 Å². The number of hydrogen-bond donors (Lipinski definition) is 1. The van der Waals surface area contributed by atoms with E-state index >= 15 is 0 Å². The molecule has 1 aliphatic heterocycles. The molecule has 1 rings (SSSR count). The largest absolute Gasteiger partial charge is 0.400 e. The van der Waals surface area contributed by atoms with Gasteiger partial charge in [-0.25, -0.2) is 0 Å². The van der Waals surface area contributed by atoms with E-state index in [0.29, 0.717) is 12.1 Å². The Kier molecular flexibility index (Phi) is 6.29. The maximum absolute atomic E-state index is 7.00. The third-order valence-electron chi connectivity index (χ3n) is 2.61. The zero-order valence-corrected chi connectivity index (χ0v) is 9.45. The Morgan fingerprint density at radius 3 is 2.08 bits per heavy atom. The summed E-state index contributed by atoms with van der Waals surface area (Å²) in [5, 5.41) is 7.00. The van der Waals surface area contributed by atoms with Gasteiger partial charge >= 0.3 is 0 Å². The van der Waals surface area contributed by atoms with Gasteiger partial charge in [0.1, 0.15) is 0 Å². The van der Waals surface area contributed by atoms with Crippen molar-refractivity contribution in [3.05, 3.63) is 0 Å². The lowest BCUT2D eigenvalue weighted by molar-refractivity contribution is -0.0533. The molecule has 0 aromatic rings. The van der Waals surface area contributed by atoms with Crippen LogP contribution in [-0.4, -0.2) is 50.0 Å². The smallest absolute Gasteiger partial charge is 0.0704 e. The van der Waals surface area contributed by atoms with Gasteiger partial charge in [-0.2, -0.15) is 0 Å². The molecule has 0 aromatic heterocycles. The van der Waals surface area contributed by atoms with Gasteiger partial charge in [0, 0.05) is 19.8 Å². The first-order valence-electron chi connectivity index (χ1n) is 4.85. The van der Waals surface area contributed by atoms with Crippen molar-refractivity contribution in [1.29, 1.82) is 0 Å². The summed E-state index contributed by atoms with van der Waals surface area (Å²) in [7, 11) is 5.26. The van der Waals surface area contributed by atoms with Crippen LogP contribution in [0.4, 0.5) is 0 Å². The lowest BCUT2D eigenvalue weighted by atomic mass is 9.91. The maximum Gasteiger partial charge on any atom is 0.0704 e. The summed E-state index contributed by atoms with van der Waals surface area (Å²) in [6, 6.07) is 0.601. The highest BCUT2D eigenvalue weighted by molar-refractivity contribution is 4.82. The second-order valence-corrected chi connectivity index (χ2v) is 3.80. The number of nitrogens with zero attached hydrogens (tertiary/aromatic N) is 1. The Morgan fingerprint density at radius 2 is 1.77 bits per heavy atom. The molecule has 0 spiro atoms. The van der Waals surface area contributed by atoms with Gasteiger partial charge in [-0.05, 0) is 33.4 Å². The molecule has 0 amide bonds. The van der Waals surface area contributed by atoms with Gasteiger partial charge < -0.3 is 14.7 Å². The van der Waals surface area contributed by atoms with Crippen LogP contribution >= 0.6 is 0 Å². The SMILES string of the molecule is CC1CCOC(C)C1N(C)C.CO. The molecule has 1 heterocycles. The summed E-state index contributed by atoms with van der Waals surface area (Å²) >= 11 is 0. The number of rotatable bonds is 1. The Balaban J connectivity index is 0.000000671. The lowest BCUT2D eigenvalue weighted by Gasteiger charge is -2.38. The second kappa shape index (κ2) is 6.35. The molecule has 0 saturated carbocycles. The summed E-state index contributed by atoms with van der Waals surface area (Å²) in [4.78, 5) is 2.27. The molecule has 0 radical (unpaired) electrons. The topological polar surface area (TPSA) is 32.7 Å². The van der Waals surface area contributed by atoms with Crippen LogP contribution in [0, 0.1) is 5.92 Å². The van der Waals surface area contributed by atoms with Crippen LogP contribution in [0.1, 0.15) is 20.3 Å². The molecule has 1 fully saturated rings. The molecule has 3 atom stereocenters. The monoisotopic (exact) mass is 189 g/mol. The first kappa shape index (κ1) is 12.9. The Labute approximate surface area is 81.7 Å². The number of aliphatic hydroxyl groups excluding tert-OH is 1. The molecule has 3 heteroatoms. The van der Waals surface area contributed by atoms with Gasteiger partial charge in [0.2, 0.25) is 0 Å². The predicted octanol–water partition coefficient (Wildman–Crippen LogP) is 0.970. The lowest BCUT2D eigenvalue weighted by Crippen LogP contribution is -2.47. The fraction of sp³-hybridized carbons (Fsp3) is 1.00. The van der Waals surface area contributed by atoms with E-state index in [-0.39, 0.29) is 0 Å². The van der Waals surface area contributed by atoms with Crippen LogP contribution in [0.2, 0.25) is 0 Å². The minimum Gasteiger partial charge on any atom is -0.400 e. The van der Waals surface area contributed by atoms with Crippen molar-refractivity contribution in [3.63, 3.8) is 0 Å². The third-order valence-corrected chi connectivity index (χ3v) is 2.61. The summed E-state index contributed by atoms with van der Waals surface area (Å²) < 4.78 is 5.58. The van der Waals surface area contributed by atoms with Crippen LogP contribution < -0.4 is 0 Å². The van der Waals surface area contributed by atoms with Gasteiger partial charge in [-0.3, -0.25) is 0 Å². The highest BCUT2D eigenvalue weighted by Crippen LogP contribution is 2.23. The maximum atomic E-state index is 7.00. The van der Waals surface area contributed by atoms with E-state index in [1.54, 1.807) is 0 Å². The predicted molar refractivity (Wildman–Crippen MR) is 54.8 cm³/mol. The van der Waals surface area contributed by atoms with Gasteiger partial charge in [0.15, 0.2) is 0 Å². The molecule has 3 nitrogen and oxygen atoms in total. The van der Waals surface area contributed by atoms with E-state index in [4.69, 9.17) is 9.84 Å². The number of aliphatic hydroxyl groups is 1. The molecule has 1 saturated heterocycles. The quantitative estimate of drug-likeness (QED) is 0.667. The molecule has 0 aliphatic carbocycles. The van der Waals surface area contributed by atoms with Crippen molar-refractivity contribution < 1.29 is 9.84 Å². The summed E-state index contributed by atoms with van der Waals surface area (Å²) in [6.45, 7) is 5.41. The number of hydrogen-bond acceptors (Lipinski definition) is 3. The Morgan fingerprint density at radius 1 is 1.23 bits per heavy atom. The normalized spacial score (nSPS) is 33.9. The summed E-state index contributed by atoms with van der Waals surface area (Å²) in [5.74, 6) is 0.772. The van der Waals surface area contributed by atoms with Crippen LogP contribution in [0.25, 0.3) is 0 Å². The first-order chi connectivity index (χ1) is 6.13. The molecular weight excluding hydrogens is 166 g/mol. The van der Waals surface area contributed by atoms with Gasteiger partial charge in [-0.15, -0.1) is 0 Å². The average Bonchev–Trinajstić information content (AvgIpc) is 2.07.